The van der Waals surface area contributed by atoms with Gasteiger partial charge in [-0.25, -0.2) is 4.98 Å². The maximum absolute atomic E-state index is 12.4. The summed E-state index contributed by atoms with van der Waals surface area (Å²) >= 11 is 6.23. The number of Topliss-reactive ketones (excluding diaryl/α,β-unsaturated/α-hetero) is 1. The molecule has 0 saturated carbocycles. The van der Waals surface area contributed by atoms with Crippen molar-refractivity contribution in [1.29, 1.82) is 0 Å². The number of halogens is 1. The number of likely N-dealkylation sites (tertiary alicyclic amines) is 1. The quantitative estimate of drug-likeness (QED) is 0.729. The predicted octanol–water partition coefficient (Wildman–Crippen LogP) is 2.80. The average Bonchev–Trinajstić information content (AvgIpc) is 3.03. The van der Waals surface area contributed by atoms with Gasteiger partial charge in [-0.1, -0.05) is 29.8 Å². The fourth-order valence-corrected chi connectivity index (χ4v) is 3.81. The van der Waals surface area contributed by atoms with Crippen molar-refractivity contribution >= 4 is 17.4 Å². The van der Waals surface area contributed by atoms with E-state index in [1.165, 1.54) is 18.3 Å². The molecule has 2 heterocycles. The molecule has 6 heteroatoms. The first-order valence-electron chi connectivity index (χ1n) is 8.81. The van der Waals surface area contributed by atoms with Crippen LogP contribution in [0.4, 0.5) is 0 Å². The van der Waals surface area contributed by atoms with Crippen molar-refractivity contribution in [2.45, 2.75) is 12.8 Å². The van der Waals surface area contributed by atoms with Crippen LogP contribution in [0.5, 0.6) is 5.75 Å². The predicted molar refractivity (Wildman–Crippen MR) is 101 cm³/mol. The van der Waals surface area contributed by atoms with E-state index in [-0.39, 0.29) is 30.6 Å². The van der Waals surface area contributed by atoms with Gasteiger partial charge < -0.3 is 10.2 Å². The summed E-state index contributed by atoms with van der Waals surface area (Å²) in [6.07, 6.45) is 3.07. The third kappa shape index (κ3) is 4.61. The van der Waals surface area contributed by atoms with Crippen LogP contribution in [-0.4, -0.2) is 52.1 Å². The van der Waals surface area contributed by atoms with E-state index in [2.05, 4.69) is 9.88 Å². The van der Waals surface area contributed by atoms with Gasteiger partial charge in [-0.2, -0.15) is 0 Å². The van der Waals surface area contributed by atoms with Gasteiger partial charge in [0.05, 0.1) is 12.7 Å². The van der Waals surface area contributed by atoms with Gasteiger partial charge in [0, 0.05) is 24.7 Å². The number of aliphatic hydroxyl groups excluding tert-OH is 1. The van der Waals surface area contributed by atoms with E-state index in [9.17, 15) is 15.0 Å². The molecule has 26 heavy (non-hydrogen) atoms. The van der Waals surface area contributed by atoms with E-state index in [0.717, 1.165) is 30.0 Å². The molecule has 3 rings (SSSR count). The molecule has 0 radical (unpaired) electrons. The number of aromatic nitrogens is 1. The van der Waals surface area contributed by atoms with Gasteiger partial charge >= 0.3 is 0 Å². The Morgan fingerprint density at radius 3 is 2.65 bits per heavy atom. The Kier molecular flexibility index (Phi) is 6.25. The van der Waals surface area contributed by atoms with E-state index in [1.807, 2.05) is 24.3 Å². The number of aliphatic hydroxyl groups is 1. The largest absolute Gasteiger partial charge is 0.506 e. The molecule has 2 atom stereocenters. The molecule has 1 saturated heterocycles. The van der Waals surface area contributed by atoms with Gasteiger partial charge in [-0.15, -0.1) is 0 Å². The summed E-state index contributed by atoms with van der Waals surface area (Å²) in [5, 5.41) is 19.8. The number of aryl methyl sites for hydroxylation is 1. The van der Waals surface area contributed by atoms with Crippen LogP contribution in [-0.2, 0) is 6.42 Å². The molecular formula is C20H23ClN2O3. The summed E-state index contributed by atoms with van der Waals surface area (Å²) in [5.74, 6) is 0.464. The minimum absolute atomic E-state index is 0.0442. The van der Waals surface area contributed by atoms with Crippen molar-refractivity contribution in [3.63, 3.8) is 0 Å². The highest BCUT2D eigenvalue weighted by Crippen LogP contribution is 2.28. The van der Waals surface area contributed by atoms with E-state index in [4.69, 9.17) is 11.6 Å². The van der Waals surface area contributed by atoms with Crippen molar-refractivity contribution < 1.29 is 15.0 Å². The van der Waals surface area contributed by atoms with Crippen molar-refractivity contribution in [1.82, 2.24) is 9.88 Å². The van der Waals surface area contributed by atoms with Crippen molar-refractivity contribution in [3.8, 4) is 5.75 Å². The second-order valence-corrected chi connectivity index (χ2v) is 7.26. The summed E-state index contributed by atoms with van der Waals surface area (Å²) in [6.45, 7) is 1.87. The number of carbonyl (C=O) groups excluding carboxylic acids is 1. The lowest BCUT2D eigenvalue weighted by atomic mass is 9.90. The zero-order chi connectivity index (χ0) is 18.5. The van der Waals surface area contributed by atoms with Crippen molar-refractivity contribution in [3.05, 3.63) is 58.9 Å². The van der Waals surface area contributed by atoms with Crippen LogP contribution in [0, 0.1) is 11.8 Å². The normalized spacial score (nSPS) is 20.4. The molecule has 1 aromatic carbocycles. The Morgan fingerprint density at radius 2 is 1.96 bits per heavy atom. The second kappa shape index (κ2) is 8.62. The Balaban J connectivity index is 1.57. The van der Waals surface area contributed by atoms with Crippen molar-refractivity contribution in [2.24, 2.45) is 11.8 Å². The first-order chi connectivity index (χ1) is 12.6. The van der Waals surface area contributed by atoms with Crippen LogP contribution in [0.1, 0.15) is 22.5 Å². The van der Waals surface area contributed by atoms with Crippen molar-refractivity contribution in [2.75, 3.05) is 26.2 Å². The zero-order valence-corrected chi connectivity index (χ0v) is 15.3. The average molecular weight is 375 g/mol. The third-order valence-corrected chi connectivity index (χ3v) is 5.40. The van der Waals surface area contributed by atoms with E-state index < -0.39 is 0 Å². The molecule has 1 aliphatic rings. The molecule has 1 fully saturated rings. The summed E-state index contributed by atoms with van der Waals surface area (Å²) in [5.41, 5.74) is 1.47. The van der Waals surface area contributed by atoms with E-state index >= 15 is 0 Å². The van der Waals surface area contributed by atoms with Gasteiger partial charge in [0.15, 0.2) is 5.78 Å². The first-order valence-corrected chi connectivity index (χ1v) is 9.19. The van der Waals surface area contributed by atoms with Gasteiger partial charge in [0.2, 0.25) is 0 Å². The third-order valence-electron chi connectivity index (χ3n) is 5.03. The van der Waals surface area contributed by atoms with E-state index in [1.54, 1.807) is 0 Å². The number of pyridine rings is 1. The molecule has 1 aliphatic heterocycles. The number of carbonyl (C=O) groups is 1. The highest BCUT2D eigenvalue weighted by atomic mass is 35.5. The lowest BCUT2D eigenvalue weighted by Crippen LogP contribution is -2.28. The van der Waals surface area contributed by atoms with Crippen LogP contribution in [0.3, 0.4) is 0 Å². The minimum atomic E-state index is -0.0755. The molecule has 5 nitrogen and oxygen atoms in total. The Bertz CT molecular complexity index is 751. The molecule has 0 spiro atoms. The lowest BCUT2D eigenvalue weighted by Gasteiger charge is -2.16. The molecule has 0 amide bonds. The summed E-state index contributed by atoms with van der Waals surface area (Å²) in [7, 11) is 0. The maximum Gasteiger partial charge on any atom is 0.195 e. The fourth-order valence-electron chi connectivity index (χ4n) is 3.58. The van der Waals surface area contributed by atoms with Gasteiger partial charge in [-0.3, -0.25) is 9.69 Å². The summed E-state index contributed by atoms with van der Waals surface area (Å²) in [4.78, 5) is 18.4. The van der Waals surface area contributed by atoms with E-state index in [0.29, 0.717) is 18.2 Å². The van der Waals surface area contributed by atoms with Crippen LogP contribution >= 0.6 is 11.6 Å². The molecular weight excluding hydrogens is 352 g/mol. The molecule has 2 aromatic rings. The molecule has 1 aromatic heterocycles. The number of hydrogen-bond donors (Lipinski definition) is 2. The number of benzene rings is 1. The number of aromatic hydroxyl groups is 1. The minimum Gasteiger partial charge on any atom is -0.506 e. The molecule has 0 bridgehead atoms. The Morgan fingerprint density at radius 1 is 1.19 bits per heavy atom. The smallest absolute Gasteiger partial charge is 0.195 e. The second-order valence-electron chi connectivity index (χ2n) is 6.85. The monoisotopic (exact) mass is 374 g/mol. The lowest BCUT2D eigenvalue weighted by molar-refractivity contribution is 0.0935. The SMILES string of the molecule is O=C(CN1C[C@@H](CCc2ccccc2Cl)[C@@H](CO)C1)c1ccc(O)cn1. The zero-order valence-electron chi connectivity index (χ0n) is 14.5. The first kappa shape index (κ1) is 18.8. The summed E-state index contributed by atoms with van der Waals surface area (Å²) < 4.78 is 0. The fraction of sp³-hybridized carbons (Fsp3) is 0.400. The van der Waals surface area contributed by atoms with Gasteiger partial charge in [0.1, 0.15) is 11.4 Å². The molecule has 0 aliphatic carbocycles. The van der Waals surface area contributed by atoms with Crippen LogP contribution in [0.15, 0.2) is 42.6 Å². The highest BCUT2D eigenvalue weighted by Gasteiger charge is 2.33. The van der Waals surface area contributed by atoms with Gasteiger partial charge in [-0.05, 0) is 48.4 Å². The number of hydrogen-bond acceptors (Lipinski definition) is 5. The Hall–Kier alpha value is -1.95. The van der Waals surface area contributed by atoms with Crippen LogP contribution < -0.4 is 0 Å². The van der Waals surface area contributed by atoms with Crippen LogP contribution in [0.2, 0.25) is 5.02 Å². The number of rotatable bonds is 7. The molecule has 0 unspecified atom stereocenters. The topological polar surface area (TPSA) is 73.7 Å². The molecule has 138 valence electrons. The molecule has 2 N–H and O–H groups in total. The van der Waals surface area contributed by atoms with Crippen LogP contribution in [0.25, 0.3) is 0 Å². The number of nitrogens with zero attached hydrogens (tertiary/aromatic N) is 2. The number of ketones is 1. The standard InChI is InChI=1S/C20H23ClN2O3/c21-18-4-2-1-3-14(18)5-6-15-10-23(11-16(15)13-24)12-20(26)19-8-7-17(25)9-22-19/h1-4,7-9,15-16,24-25H,5-6,10-13H2/t15-,16-/m1/s1. The highest BCUT2D eigenvalue weighted by molar-refractivity contribution is 6.31. The van der Waals surface area contributed by atoms with Gasteiger partial charge in [0.25, 0.3) is 0 Å². The Labute approximate surface area is 158 Å². The summed E-state index contributed by atoms with van der Waals surface area (Å²) in [6, 6.07) is 10.8. The maximum atomic E-state index is 12.4.